The van der Waals surface area contributed by atoms with E-state index in [0.717, 1.165) is 26.9 Å². The molecule has 0 spiro atoms. The van der Waals surface area contributed by atoms with Gasteiger partial charge >= 0.3 is 0 Å². The Morgan fingerprint density at radius 3 is 2.50 bits per heavy atom. The minimum absolute atomic E-state index is 0.00963. The summed E-state index contributed by atoms with van der Waals surface area (Å²) >= 11 is 16.3. The van der Waals surface area contributed by atoms with Crippen molar-refractivity contribution in [3.63, 3.8) is 0 Å². The minimum atomic E-state index is -1.03. The van der Waals surface area contributed by atoms with Crippen LogP contribution in [0.15, 0.2) is 70.2 Å². The fraction of sp³-hybridized carbons (Fsp3) is 0.174. The minimum Gasteiger partial charge on any atom is -0.461 e. The number of nitrogens with zero attached hydrogens (tertiary/aromatic N) is 3. The molecule has 3 aromatic rings. The maximum Gasteiger partial charge on any atom is 0.269 e. The van der Waals surface area contributed by atoms with Crippen molar-refractivity contribution >= 4 is 50.5 Å². The van der Waals surface area contributed by atoms with Crippen molar-refractivity contribution < 1.29 is 9.66 Å². The van der Waals surface area contributed by atoms with Crippen molar-refractivity contribution in [2.45, 2.75) is 25.1 Å². The lowest BCUT2D eigenvalue weighted by Crippen LogP contribution is -2.48. The van der Waals surface area contributed by atoms with E-state index in [1.54, 1.807) is 18.2 Å². The summed E-state index contributed by atoms with van der Waals surface area (Å²) in [6.07, 6.45) is 0.636. The van der Waals surface area contributed by atoms with E-state index in [-0.39, 0.29) is 11.7 Å². The summed E-state index contributed by atoms with van der Waals surface area (Å²) in [6, 6.07) is 17.6. The first-order valence-corrected chi connectivity index (χ1v) is 11.4. The summed E-state index contributed by atoms with van der Waals surface area (Å²) in [7, 11) is 0. The zero-order valence-electron chi connectivity index (χ0n) is 16.8. The van der Waals surface area contributed by atoms with Crippen LogP contribution >= 0.6 is 39.1 Å². The number of benzene rings is 3. The zero-order chi connectivity index (χ0) is 22.6. The Hall–Kier alpha value is -2.61. The van der Waals surface area contributed by atoms with E-state index in [2.05, 4.69) is 15.9 Å². The Labute approximate surface area is 202 Å². The van der Waals surface area contributed by atoms with Crippen molar-refractivity contribution in [2.75, 3.05) is 0 Å². The standard InChI is InChI=1S/C23H16BrCl2N3O3/c1-23(14-4-8-17(9-5-14)29(30)31)28-21(18-10-16(25)11-19(26)22(18)32-23)12-20(27-28)13-2-6-15(24)7-3-13/h2-11,21H,12H2,1H3. The lowest BCUT2D eigenvalue weighted by molar-refractivity contribution is -0.384. The van der Waals surface area contributed by atoms with Gasteiger partial charge in [0.2, 0.25) is 5.72 Å². The van der Waals surface area contributed by atoms with Crippen LogP contribution < -0.4 is 4.74 Å². The predicted molar refractivity (Wildman–Crippen MR) is 127 cm³/mol. The molecule has 0 bridgehead atoms. The van der Waals surface area contributed by atoms with Gasteiger partial charge in [0.05, 0.1) is 21.7 Å². The van der Waals surface area contributed by atoms with Gasteiger partial charge in [-0.25, -0.2) is 5.01 Å². The van der Waals surface area contributed by atoms with Crippen molar-refractivity contribution in [1.82, 2.24) is 5.01 Å². The molecule has 9 heteroatoms. The SMILES string of the molecule is CC1(c2ccc([N+](=O)[O-])cc2)Oc2c(Cl)cc(Cl)cc2C2CC(c3ccc(Br)cc3)=NN21. The molecule has 0 fully saturated rings. The number of non-ortho nitro benzene ring substituents is 1. The molecule has 2 aliphatic rings. The van der Waals surface area contributed by atoms with E-state index >= 15 is 0 Å². The summed E-state index contributed by atoms with van der Waals surface area (Å²) in [4.78, 5) is 10.7. The van der Waals surface area contributed by atoms with Crippen LogP contribution in [0, 0.1) is 10.1 Å². The molecule has 6 nitrogen and oxygen atoms in total. The summed E-state index contributed by atoms with van der Waals surface area (Å²) in [5.74, 6) is 0.547. The summed E-state index contributed by atoms with van der Waals surface area (Å²) < 4.78 is 7.45. The fourth-order valence-electron chi connectivity index (χ4n) is 4.23. The van der Waals surface area contributed by atoms with Crippen LogP contribution in [0.4, 0.5) is 5.69 Å². The van der Waals surface area contributed by atoms with Gasteiger partial charge in [0.25, 0.3) is 5.69 Å². The number of fused-ring (bicyclic) bond motifs is 3. The largest absolute Gasteiger partial charge is 0.461 e. The fourth-order valence-corrected chi connectivity index (χ4v) is 5.04. The summed E-state index contributed by atoms with van der Waals surface area (Å²) in [6.45, 7) is 1.89. The van der Waals surface area contributed by atoms with Crippen molar-refractivity contribution in [1.29, 1.82) is 0 Å². The average Bonchev–Trinajstić information content (AvgIpc) is 3.22. The number of halogens is 3. The highest BCUT2D eigenvalue weighted by Crippen LogP contribution is 2.53. The van der Waals surface area contributed by atoms with Crippen LogP contribution in [-0.4, -0.2) is 15.6 Å². The number of hydrogen-bond donors (Lipinski definition) is 0. The normalized spacial score (nSPS) is 21.4. The summed E-state index contributed by atoms with van der Waals surface area (Å²) in [5, 5.41) is 18.9. The Bertz CT molecular complexity index is 1260. The van der Waals surface area contributed by atoms with E-state index in [4.69, 9.17) is 33.0 Å². The highest BCUT2D eigenvalue weighted by molar-refractivity contribution is 9.10. The second kappa shape index (κ2) is 7.76. The molecule has 0 aromatic heterocycles. The van der Waals surface area contributed by atoms with Gasteiger partial charge < -0.3 is 4.74 Å². The van der Waals surface area contributed by atoms with Gasteiger partial charge in [0, 0.05) is 46.1 Å². The molecule has 0 saturated heterocycles. The third-order valence-corrected chi connectivity index (χ3v) is 6.86. The van der Waals surface area contributed by atoms with E-state index in [9.17, 15) is 10.1 Å². The second-order valence-corrected chi connectivity index (χ2v) is 9.57. The molecule has 2 aliphatic heterocycles. The van der Waals surface area contributed by atoms with Crippen LogP contribution in [-0.2, 0) is 5.72 Å². The molecule has 162 valence electrons. The van der Waals surface area contributed by atoms with Crippen LogP contribution in [0.3, 0.4) is 0 Å². The third-order valence-electron chi connectivity index (χ3n) is 5.84. The van der Waals surface area contributed by atoms with Crippen LogP contribution in [0.25, 0.3) is 0 Å². The highest BCUT2D eigenvalue weighted by atomic mass is 79.9. The van der Waals surface area contributed by atoms with Crippen LogP contribution in [0.5, 0.6) is 5.75 Å². The predicted octanol–water partition coefficient (Wildman–Crippen LogP) is 7.08. The molecule has 0 N–H and O–H groups in total. The Balaban J connectivity index is 1.65. The topological polar surface area (TPSA) is 68.0 Å². The molecule has 2 heterocycles. The molecule has 2 unspecified atom stereocenters. The maximum atomic E-state index is 11.1. The van der Waals surface area contributed by atoms with Gasteiger partial charge in [-0.05, 0) is 42.0 Å². The van der Waals surface area contributed by atoms with E-state index in [1.165, 1.54) is 12.1 Å². The number of nitro groups is 1. The van der Waals surface area contributed by atoms with Gasteiger partial charge in [-0.1, -0.05) is 51.3 Å². The lowest BCUT2D eigenvalue weighted by Gasteiger charge is -2.46. The van der Waals surface area contributed by atoms with Crippen molar-refractivity contribution in [3.8, 4) is 5.75 Å². The first-order valence-electron chi connectivity index (χ1n) is 9.82. The molecule has 0 amide bonds. The zero-order valence-corrected chi connectivity index (χ0v) is 19.9. The highest BCUT2D eigenvalue weighted by Gasteiger charge is 2.49. The van der Waals surface area contributed by atoms with Gasteiger partial charge in [0.1, 0.15) is 5.75 Å². The van der Waals surface area contributed by atoms with Gasteiger partial charge in [-0.3, -0.25) is 10.1 Å². The monoisotopic (exact) mass is 531 g/mol. The van der Waals surface area contributed by atoms with Crippen molar-refractivity contribution in [3.05, 3.63) is 102 Å². The Kier molecular flexibility index (Phi) is 5.15. The molecule has 2 atom stereocenters. The second-order valence-electron chi connectivity index (χ2n) is 7.81. The van der Waals surface area contributed by atoms with Crippen molar-refractivity contribution in [2.24, 2.45) is 5.10 Å². The quantitative estimate of drug-likeness (QED) is 0.267. The number of ether oxygens (including phenoxy) is 1. The molecule has 0 radical (unpaired) electrons. The Morgan fingerprint density at radius 1 is 1.16 bits per heavy atom. The number of rotatable bonds is 3. The van der Waals surface area contributed by atoms with E-state index in [1.807, 2.05) is 42.3 Å². The maximum absolute atomic E-state index is 11.1. The molecule has 0 aliphatic carbocycles. The first-order chi connectivity index (χ1) is 15.3. The molecule has 3 aromatic carbocycles. The van der Waals surface area contributed by atoms with E-state index < -0.39 is 10.6 Å². The number of hydrazone groups is 1. The third kappa shape index (κ3) is 3.45. The average molecular weight is 533 g/mol. The van der Waals surface area contributed by atoms with Gasteiger partial charge in [0.15, 0.2) is 0 Å². The molecular weight excluding hydrogens is 517 g/mol. The number of hydrogen-bond acceptors (Lipinski definition) is 5. The molecular formula is C23H16BrCl2N3O3. The molecule has 0 saturated carbocycles. The smallest absolute Gasteiger partial charge is 0.269 e. The van der Waals surface area contributed by atoms with E-state index in [0.29, 0.717) is 22.2 Å². The summed E-state index contributed by atoms with van der Waals surface area (Å²) in [5.41, 5.74) is 2.48. The number of nitro benzene ring substituents is 1. The Morgan fingerprint density at radius 2 is 1.84 bits per heavy atom. The van der Waals surface area contributed by atoms with Gasteiger partial charge in [-0.2, -0.15) is 5.10 Å². The molecule has 32 heavy (non-hydrogen) atoms. The lowest BCUT2D eigenvalue weighted by atomic mass is 9.92. The first kappa shape index (κ1) is 21.2. The van der Waals surface area contributed by atoms with Crippen LogP contribution in [0.1, 0.15) is 36.1 Å². The molecule has 5 rings (SSSR count). The van der Waals surface area contributed by atoms with Crippen LogP contribution in [0.2, 0.25) is 10.0 Å². The van der Waals surface area contributed by atoms with Gasteiger partial charge in [-0.15, -0.1) is 0 Å².